The highest BCUT2D eigenvalue weighted by Crippen LogP contribution is 2.22. The van der Waals surface area contributed by atoms with E-state index in [1.54, 1.807) is 20.4 Å². The number of nitrogens with zero attached hydrogens (tertiary/aromatic N) is 2. The van der Waals surface area contributed by atoms with Gasteiger partial charge in [0.15, 0.2) is 5.96 Å². The molecule has 0 aliphatic carbocycles. The number of methoxy groups -OCH3 is 1. The van der Waals surface area contributed by atoms with Gasteiger partial charge in [-0.2, -0.15) is 0 Å². The number of hydrogen-bond donors (Lipinski definition) is 2. The van der Waals surface area contributed by atoms with E-state index in [0.29, 0.717) is 12.4 Å². The highest BCUT2D eigenvalue weighted by molar-refractivity contribution is 14.0. The minimum atomic E-state index is 0. The third-order valence-electron chi connectivity index (χ3n) is 3.59. The van der Waals surface area contributed by atoms with E-state index < -0.39 is 0 Å². The quantitative estimate of drug-likeness (QED) is 0.265. The average Bonchev–Trinajstić information content (AvgIpc) is 2.66. The van der Waals surface area contributed by atoms with Crippen LogP contribution in [0.3, 0.4) is 0 Å². The first kappa shape index (κ1) is 22.0. The molecule has 7 heteroatoms. The molecule has 1 aromatic carbocycles. The number of nitrogens with one attached hydrogen (secondary N) is 2. The first-order chi connectivity index (χ1) is 12.2. The van der Waals surface area contributed by atoms with Crippen molar-refractivity contribution < 1.29 is 9.47 Å². The minimum absolute atomic E-state index is 0. The lowest BCUT2D eigenvalue weighted by Crippen LogP contribution is -2.37. The fourth-order valence-corrected chi connectivity index (χ4v) is 2.13. The maximum atomic E-state index is 5.72. The van der Waals surface area contributed by atoms with Crippen LogP contribution in [0.2, 0.25) is 0 Å². The molecule has 0 saturated heterocycles. The molecule has 6 nitrogen and oxygen atoms in total. The van der Waals surface area contributed by atoms with E-state index in [9.17, 15) is 0 Å². The maximum Gasteiger partial charge on any atom is 0.219 e. The van der Waals surface area contributed by atoms with E-state index in [1.807, 2.05) is 36.4 Å². The third-order valence-corrected chi connectivity index (χ3v) is 3.59. The number of aromatic nitrogens is 1. The summed E-state index contributed by atoms with van der Waals surface area (Å²) in [6, 6.07) is 11.2. The van der Waals surface area contributed by atoms with Gasteiger partial charge in [0.1, 0.15) is 11.5 Å². The molecule has 0 aliphatic heterocycles. The van der Waals surface area contributed by atoms with Gasteiger partial charge in [-0.1, -0.05) is 19.4 Å². The summed E-state index contributed by atoms with van der Waals surface area (Å²) in [7, 11) is 3.41. The van der Waals surface area contributed by atoms with Crippen molar-refractivity contribution in [1.29, 1.82) is 0 Å². The van der Waals surface area contributed by atoms with Crippen molar-refractivity contribution in [2.24, 2.45) is 4.99 Å². The van der Waals surface area contributed by atoms with Crippen LogP contribution in [0.5, 0.6) is 17.4 Å². The molecule has 142 valence electrons. The van der Waals surface area contributed by atoms with Gasteiger partial charge in [-0.3, -0.25) is 4.99 Å². The summed E-state index contributed by atoms with van der Waals surface area (Å²) in [6.45, 7) is 3.74. The Morgan fingerprint density at radius 2 is 1.81 bits per heavy atom. The third kappa shape index (κ3) is 7.47. The van der Waals surface area contributed by atoms with Gasteiger partial charge in [-0.25, -0.2) is 4.98 Å². The van der Waals surface area contributed by atoms with Gasteiger partial charge in [0.2, 0.25) is 5.88 Å². The van der Waals surface area contributed by atoms with E-state index >= 15 is 0 Å². The Morgan fingerprint density at radius 3 is 2.38 bits per heavy atom. The molecule has 0 bridgehead atoms. The molecule has 2 rings (SSSR count). The summed E-state index contributed by atoms with van der Waals surface area (Å²) in [5, 5.41) is 6.55. The van der Waals surface area contributed by atoms with Gasteiger partial charge in [0.05, 0.1) is 7.11 Å². The summed E-state index contributed by atoms with van der Waals surface area (Å²) in [6.07, 6.45) is 4.08. The molecule has 0 spiro atoms. The van der Waals surface area contributed by atoms with Crippen LogP contribution in [0.15, 0.2) is 47.6 Å². The number of guanidine groups is 1. The highest BCUT2D eigenvalue weighted by atomic mass is 127. The second-order valence-corrected chi connectivity index (χ2v) is 5.49. The van der Waals surface area contributed by atoms with Crippen molar-refractivity contribution in [3.8, 4) is 17.4 Å². The molecule has 0 aliphatic rings. The molecule has 2 N–H and O–H groups in total. The highest BCUT2D eigenvalue weighted by Gasteiger charge is 2.02. The molecular formula is C19H27IN4O2. The normalized spacial score (nSPS) is 10.7. The fraction of sp³-hybridized carbons (Fsp3) is 0.368. The SMILES string of the molecule is CCCCNC(=NC)NCc1ccc(Oc2ccc(OC)cc2)nc1.I. The number of rotatable bonds is 8. The number of ether oxygens (including phenoxy) is 2. The van der Waals surface area contributed by atoms with Crippen molar-refractivity contribution in [1.82, 2.24) is 15.6 Å². The Bertz CT molecular complexity index is 660. The largest absolute Gasteiger partial charge is 0.497 e. The van der Waals surface area contributed by atoms with Crippen molar-refractivity contribution in [3.63, 3.8) is 0 Å². The Kier molecular flexibility index (Phi) is 10.5. The molecule has 0 radical (unpaired) electrons. The van der Waals surface area contributed by atoms with Crippen LogP contribution in [-0.2, 0) is 6.54 Å². The van der Waals surface area contributed by atoms with Crippen molar-refractivity contribution in [2.45, 2.75) is 26.3 Å². The summed E-state index contributed by atoms with van der Waals surface area (Å²) in [4.78, 5) is 8.54. The lowest BCUT2D eigenvalue weighted by Gasteiger charge is -2.11. The molecule has 0 unspecified atom stereocenters. The van der Waals surface area contributed by atoms with E-state index in [2.05, 4.69) is 27.5 Å². The zero-order chi connectivity index (χ0) is 17.9. The van der Waals surface area contributed by atoms with Gasteiger partial charge in [-0.05, 0) is 36.2 Å². The van der Waals surface area contributed by atoms with E-state index in [0.717, 1.165) is 42.4 Å². The number of hydrogen-bond acceptors (Lipinski definition) is 4. The van der Waals surface area contributed by atoms with Crippen molar-refractivity contribution in [3.05, 3.63) is 48.2 Å². The van der Waals surface area contributed by atoms with Gasteiger partial charge in [0.25, 0.3) is 0 Å². The zero-order valence-electron chi connectivity index (χ0n) is 15.5. The first-order valence-electron chi connectivity index (χ1n) is 8.46. The molecule has 26 heavy (non-hydrogen) atoms. The maximum absolute atomic E-state index is 5.72. The minimum Gasteiger partial charge on any atom is -0.497 e. The second kappa shape index (κ2) is 12.3. The fourth-order valence-electron chi connectivity index (χ4n) is 2.13. The standard InChI is InChI=1S/C19H26N4O2.HI/c1-4-5-12-21-19(20-2)23-14-15-6-11-18(22-13-15)25-17-9-7-16(24-3)8-10-17;/h6-11,13H,4-5,12,14H2,1-3H3,(H2,20,21,23);1H. The molecule has 2 aromatic rings. The molecule has 1 aromatic heterocycles. The van der Waals surface area contributed by atoms with Crippen LogP contribution in [0.4, 0.5) is 0 Å². The van der Waals surface area contributed by atoms with Crippen LogP contribution in [-0.4, -0.2) is 31.6 Å². The van der Waals surface area contributed by atoms with Crippen LogP contribution in [0, 0.1) is 0 Å². The van der Waals surface area contributed by atoms with Crippen LogP contribution >= 0.6 is 24.0 Å². The van der Waals surface area contributed by atoms with Crippen LogP contribution in [0.25, 0.3) is 0 Å². The molecule has 0 amide bonds. The Morgan fingerprint density at radius 1 is 1.08 bits per heavy atom. The number of benzene rings is 1. The van der Waals surface area contributed by atoms with E-state index in [1.165, 1.54) is 0 Å². The Balaban J connectivity index is 0.00000338. The van der Waals surface area contributed by atoms with Crippen molar-refractivity contribution >= 4 is 29.9 Å². The molecule has 1 heterocycles. The van der Waals surface area contributed by atoms with E-state index in [4.69, 9.17) is 9.47 Å². The number of pyridine rings is 1. The first-order valence-corrected chi connectivity index (χ1v) is 8.46. The molecule has 0 atom stereocenters. The Labute approximate surface area is 172 Å². The average molecular weight is 470 g/mol. The predicted molar refractivity (Wildman–Crippen MR) is 116 cm³/mol. The zero-order valence-corrected chi connectivity index (χ0v) is 17.8. The smallest absolute Gasteiger partial charge is 0.219 e. The molecule has 0 fully saturated rings. The number of halogens is 1. The summed E-state index contributed by atoms with van der Waals surface area (Å²) in [5.74, 6) is 2.87. The summed E-state index contributed by atoms with van der Waals surface area (Å²) < 4.78 is 10.9. The monoisotopic (exact) mass is 470 g/mol. The Hall–Kier alpha value is -2.03. The predicted octanol–water partition coefficient (Wildman–Crippen LogP) is 3.97. The van der Waals surface area contributed by atoms with Gasteiger partial charge < -0.3 is 20.1 Å². The second-order valence-electron chi connectivity index (χ2n) is 5.49. The number of unbranched alkanes of at least 4 members (excludes halogenated alkanes) is 1. The lowest BCUT2D eigenvalue weighted by molar-refractivity contribution is 0.412. The van der Waals surface area contributed by atoms with Gasteiger partial charge in [-0.15, -0.1) is 24.0 Å². The topological polar surface area (TPSA) is 67.8 Å². The van der Waals surface area contributed by atoms with Gasteiger partial charge in [0, 0.05) is 32.4 Å². The van der Waals surface area contributed by atoms with Crippen molar-refractivity contribution in [2.75, 3.05) is 20.7 Å². The molecule has 0 saturated carbocycles. The summed E-state index contributed by atoms with van der Waals surface area (Å²) >= 11 is 0. The van der Waals surface area contributed by atoms with E-state index in [-0.39, 0.29) is 24.0 Å². The van der Waals surface area contributed by atoms with Crippen LogP contribution in [0.1, 0.15) is 25.3 Å². The molecular weight excluding hydrogens is 443 g/mol. The van der Waals surface area contributed by atoms with Crippen LogP contribution < -0.4 is 20.1 Å². The van der Waals surface area contributed by atoms with Gasteiger partial charge >= 0.3 is 0 Å². The number of aliphatic imine (C=N–C) groups is 1. The summed E-state index contributed by atoms with van der Waals surface area (Å²) in [5.41, 5.74) is 1.06. The lowest BCUT2D eigenvalue weighted by atomic mass is 10.3.